The number of aliphatic hydroxyl groups is 1. The minimum atomic E-state index is -0.928. The van der Waals surface area contributed by atoms with E-state index in [4.69, 9.17) is 5.73 Å². The molecule has 26 heavy (non-hydrogen) atoms. The molecule has 6 nitrogen and oxygen atoms in total. The number of aliphatic hydroxyl groups excluding tert-OH is 1. The zero-order chi connectivity index (χ0) is 18.7. The fourth-order valence-electron chi connectivity index (χ4n) is 3.34. The summed E-state index contributed by atoms with van der Waals surface area (Å²) >= 11 is 0. The zero-order valence-corrected chi connectivity index (χ0v) is 14.7. The Morgan fingerprint density at radius 2 is 1.81 bits per heavy atom. The first kappa shape index (κ1) is 18.1. The lowest BCUT2D eigenvalue weighted by atomic mass is 9.96. The monoisotopic (exact) mass is 353 g/mol. The van der Waals surface area contributed by atoms with Gasteiger partial charge < -0.3 is 16.2 Å². The fourth-order valence-corrected chi connectivity index (χ4v) is 3.34. The number of hydrogen-bond acceptors (Lipinski definition) is 4. The molecule has 0 radical (unpaired) electrons. The summed E-state index contributed by atoms with van der Waals surface area (Å²) in [4.78, 5) is 28.8. The van der Waals surface area contributed by atoms with Crippen LogP contribution in [0.5, 0.6) is 0 Å². The van der Waals surface area contributed by atoms with E-state index in [1.807, 2.05) is 12.1 Å². The Hall–Kier alpha value is -2.73. The molecule has 1 saturated carbocycles. The number of amides is 2. The van der Waals surface area contributed by atoms with Crippen LogP contribution in [0.25, 0.3) is 11.3 Å². The van der Waals surface area contributed by atoms with Gasteiger partial charge in [0.2, 0.25) is 5.91 Å². The van der Waals surface area contributed by atoms with Crippen molar-refractivity contribution in [2.24, 2.45) is 5.73 Å². The van der Waals surface area contributed by atoms with Crippen LogP contribution >= 0.6 is 0 Å². The standard InChI is InChI=1S/C20H23N3O3/c1-13(24)16-5-4-6-17(22-16)14-7-9-15(10-8-14)18(25)23-20(19(21)26)11-2-3-12-20/h4-10,13,24H,2-3,11-12H2,1H3,(H2,21,26)(H,23,25)/t13-/m1/s1. The molecule has 2 aromatic rings. The van der Waals surface area contributed by atoms with Crippen LogP contribution in [0.2, 0.25) is 0 Å². The number of carbonyl (C=O) groups excluding carboxylic acids is 2. The molecule has 0 unspecified atom stereocenters. The summed E-state index contributed by atoms with van der Waals surface area (Å²) in [6, 6.07) is 12.4. The van der Waals surface area contributed by atoms with E-state index in [-0.39, 0.29) is 5.91 Å². The maximum atomic E-state index is 12.5. The number of benzene rings is 1. The summed E-state index contributed by atoms with van der Waals surface area (Å²) in [5.41, 5.74) is 7.21. The average Bonchev–Trinajstić information content (AvgIpc) is 3.12. The molecule has 136 valence electrons. The van der Waals surface area contributed by atoms with Crippen molar-refractivity contribution in [1.82, 2.24) is 10.3 Å². The number of primary amides is 1. The summed E-state index contributed by atoms with van der Waals surface area (Å²) in [7, 11) is 0. The maximum absolute atomic E-state index is 12.5. The van der Waals surface area contributed by atoms with Gasteiger partial charge in [-0.25, -0.2) is 0 Å². The van der Waals surface area contributed by atoms with Gasteiger partial charge in [-0.05, 0) is 44.0 Å². The minimum absolute atomic E-state index is 0.303. The Bertz CT molecular complexity index is 809. The van der Waals surface area contributed by atoms with Gasteiger partial charge in [-0.15, -0.1) is 0 Å². The van der Waals surface area contributed by atoms with Crippen molar-refractivity contribution in [3.8, 4) is 11.3 Å². The van der Waals surface area contributed by atoms with E-state index in [2.05, 4.69) is 10.3 Å². The number of nitrogens with two attached hydrogens (primary N) is 1. The molecule has 1 atom stereocenters. The second kappa shape index (κ2) is 7.25. The van der Waals surface area contributed by atoms with Crippen molar-refractivity contribution in [3.63, 3.8) is 0 Å². The normalized spacial score (nSPS) is 16.8. The number of hydrogen-bond donors (Lipinski definition) is 3. The number of nitrogens with zero attached hydrogens (tertiary/aromatic N) is 1. The average molecular weight is 353 g/mol. The smallest absolute Gasteiger partial charge is 0.252 e. The van der Waals surface area contributed by atoms with Crippen molar-refractivity contribution >= 4 is 11.8 Å². The van der Waals surface area contributed by atoms with Crippen LogP contribution in [0, 0.1) is 0 Å². The van der Waals surface area contributed by atoms with Gasteiger partial charge in [-0.3, -0.25) is 14.6 Å². The van der Waals surface area contributed by atoms with Crippen molar-refractivity contribution in [2.75, 3.05) is 0 Å². The molecule has 1 fully saturated rings. The quantitative estimate of drug-likeness (QED) is 0.767. The highest BCUT2D eigenvalue weighted by Gasteiger charge is 2.40. The first-order valence-corrected chi connectivity index (χ1v) is 8.79. The van der Waals surface area contributed by atoms with Crippen LogP contribution < -0.4 is 11.1 Å². The molecule has 2 amide bonds. The molecule has 0 aliphatic heterocycles. The minimum Gasteiger partial charge on any atom is -0.387 e. The Morgan fingerprint density at radius 1 is 1.15 bits per heavy atom. The number of rotatable bonds is 5. The van der Waals surface area contributed by atoms with Crippen LogP contribution in [0.15, 0.2) is 42.5 Å². The summed E-state index contributed by atoms with van der Waals surface area (Å²) in [6.45, 7) is 1.66. The van der Waals surface area contributed by atoms with Gasteiger partial charge in [0.25, 0.3) is 5.91 Å². The fraction of sp³-hybridized carbons (Fsp3) is 0.350. The molecule has 1 aliphatic carbocycles. The molecular formula is C20H23N3O3. The Labute approximate surface area is 152 Å². The SMILES string of the molecule is C[C@@H](O)c1cccc(-c2ccc(C(=O)NC3(C(N)=O)CCCC3)cc2)n1. The van der Waals surface area contributed by atoms with E-state index in [0.29, 0.717) is 24.1 Å². The predicted octanol–water partition coefficient (Wildman–Crippen LogP) is 2.33. The molecular weight excluding hydrogens is 330 g/mol. The van der Waals surface area contributed by atoms with Crippen LogP contribution in [-0.4, -0.2) is 27.4 Å². The lowest BCUT2D eigenvalue weighted by Gasteiger charge is -2.26. The van der Waals surface area contributed by atoms with Gasteiger partial charge in [0.15, 0.2) is 0 Å². The Kier molecular flexibility index (Phi) is 5.04. The highest BCUT2D eigenvalue weighted by Crippen LogP contribution is 2.30. The van der Waals surface area contributed by atoms with Crippen LogP contribution in [0.4, 0.5) is 0 Å². The predicted molar refractivity (Wildman–Crippen MR) is 98.2 cm³/mol. The van der Waals surface area contributed by atoms with Crippen LogP contribution in [0.3, 0.4) is 0 Å². The maximum Gasteiger partial charge on any atom is 0.252 e. The first-order valence-electron chi connectivity index (χ1n) is 8.79. The second-order valence-electron chi connectivity index (χ2n) is 6.81. The number of pyridine rings is 1. The number of nitrogens with one attached hydrogen (secondary N) is 1. The molecule has 4 N–H and O–H groups in total. The van der Waals surface area contributed by atoms with Gasteiger partial charge in [-0.1, -0.05) is 31.0 Å². The lowest BCUT2D eigenvalue weighted by Crippen LogP contribution is -2.55. The highest BCUT2D eigenvalue weighted by molar-refractivity contribution is 5.99. The van der Waals surface area contributed by atoms with Crippen molar-refractivity contribution in [1.29, 1.82) is 0 Å². The van der Waals surface area contributed by atoms with Crippen molar-refractivity contribution in [2.45, 2.75) is 44.2 Å². The molecule has 0 spiro atoms. The number of carbonyl (C=O) groups is 2. The van der Waals surface area contributed by atoms with Gasteiger partial charge in [0, 0.05) is 11.1 Å². The molecule has 3 rings (SSSR count). The van der Waals surface area contributed by atoms with Gasteiger partial charge in [0.1, 0.15) is 5.54 Å². The van der Waals surface area contributed by atoms with E-state index < -0.39 is 17.6 Å². The molecule has 6 heteroatoms. The van der Waals surface area contributed by atoms with Gasteiger partial charge in [0.05, 0.1) is 17.5 Å². The molecule has 0 saturated heterocycles. The van der Waals surface area contributed by atoms with Crippen molar-refractivity contribution in [3.05, 3.63) is 53.7 Å². The van der Waals surface area contributed by atoms with Crippen LogP contribution in [-0.2, 0) is 4.79 Å². The topological polar surface area (TPSA) is 105 Å². The molecule has 1 aliphatic rings. The summed E-state index contributed by atoms with van der Waals surface area (Å²) in [6.07, 6.45) is 2.29. The highest BCUT2D eigenvalue weighted by atomic mass is 16.3. The summed E-state index contributed by atoms with van der Waals surface area (Å²) in [5.74, 6) is -0.776. The summed E-state index contributed by atoms with van der Waals surface area (Å²) in [5, 5.41) is 12.5. The van der Waals surface area contributed by atoms with Gasteiger partial charge in [-0.2, -0.15) is 0 Å². The first-order chi connectivity index (χ1) is 12.4. The van der Waals surface area contributed by atoms with E-state index in [1.165, 1.54) is 0 Å². The van der Waals surface area contributed by atoms with Crippen LogP contribution in [0.1, 0.15) is 54.8 Å². The van der Waals surface area contributed by atoms with E-state index in [1.54, 1.807) is 37.3 Å². The van der Waals surface area contributed by atoms with E-state index >= 15 is 0 Å². The van der Waals surface area contributed by atoms with Crippen molar-refractivity contribution < 1.29 is 14.7 Å². The Balaban J connectivity index is 1.78. The van der Waals surface area contributed by atoms with E-state index in [0.717, 1.165) is 24.1 Å². The molecule has 1 heterocycles. The third-order valence-corrected chi connectivity index (χ3v) is 4.92. The largest absolute Gasteiger partial charge is 0.387 e. The lowest BCUT2D eigenvalue weighted by molar-refractivity contribution is -0.123. The zero-order valence-electron chi connectivity index (χ0n) is 14.7. The third kappa shape index (κ3) is 3.60. The Morgan fingerprint density at radius 3 is 2.38 bits per heavy atom. The van der Waals surface area contributed by atoms with Gasteiger partial charge >= 0.3 is 0 Å². The molecule has 1 aromatic carbocycles. The number of aromatic nitrogens is 1. The molecule has 1 aromatic heterocycles. The second-order valence-corrected chi connectivity index (χ2v) is 6.81. The third-order valence-electron chi connectivity index (χ3n) is 4.92. The molecule has 0 bridgehead atoms. The summed E-state index contributed by atoms with van der Waals surface area (Å²) < 4.78 is 0. The van der Waals surface area contributed by atoms with E-state index in [9.17, 15) is 14.7 Å².